The van der Waals surface area contributed by atoms with E-state index in [0.29, 0.717) is 0 Å². The predicted octanol–water partition coefficient (Wildman–Crippen LogP) is 11.8. The largest absolute Gasteiger partial charge is 0.0683 e. The predicted molar refractivity (Wildman–Crippen MR) is 164 cm³/mol. The van der Waals surface area contributed by atoms with Crippen molar-refractivity contribution in [1.82, 2.24) is 0 Å². The zero-order valence-corrected chi connectivity index (χ0v) is 24.5. The maximum Gasteiger partial charge on any atom is -0.0184 e. The summed E-state index contributed by atoms with van der Waals surface area (Å²) in [6, 6.07) is 39.3. The first-order chi connectivity index (χ1) is 17.2. The van der Waals surface area contributed by atoms with Crippen LogP contribution in [0.25, 0.3) is 11.1 Å². The van der Waals surface area contributed by atoms with E-state index in [9.17, 15) is 0 Å². The lowest BCUT2D eigenvalue weighted by Gasteiger charge is -1.98. The fourth-order valence-corrected chi connectivity index (χ4v) is 2.54. The van der Waals surface area contributed by atoms with Crippen LogP contribution in [0.15, 0.2) is 115 Å². The molecule has 0 aromatic heterocycles. The molecule has 0 saturated heterocycles. The third-order valence-electron chi connectivity index (χ3n) is 4.21. The Labute approximate surface area is 219 Å². The maximum absolute atomic E-state index is 2.20. The van der Waals surface area contributed by atoms with E-state index >= 15 is 0 Å². The van der Waals surface area contributed by atoms with Gasteiger partial charge in [0.05, 0.1) is 0 Å². The van der Waals surface area contributed by atoms with Crippen LogP contribution in [0.4, 0.5) is 0 Å². The first kappa shape index (κ1) is 36.4. The SMILES string of the molecule is CC.CC.CC.CC.Cc1ccc(C)c(C)c1.c1ccc(-c2ccccc2)cc1.c1ccccc1. The topological polar surface area (TPSA) is 0 Å². The third kappa shape index (κ3) is 20.0. The second-order valence-electron chi connectivity index (χ2n) is 6.47. The summed E-state index contributed by atoms with van der Waals surface area (Å²) in [4.78, 5) is 0. The maximum atomic E-state index is 2.20. The number of benzene rings is 4. The van der Waals surface area contributed by atoms with Crippen LogP contribution in [0.5, 0.6) is 0 Å². The zero-order chi connectivity index (χ0) is 27.3. The Bertz CT molecular complexity index is 815. The van der Waals surface area contributed by atoms with Gasteiger partial charge in [0.2, 0.25) is 0 Å². The Hall–Kier alpha value is -3.12. The lowest BCUT2D eigenvalue weighted by Crippen LogP contribution is -1.79. The average molecular weight is 473 g/mol. The molecule has 192 valence electrons. The zero-order valence-electron chi connectivity index (χ0n) is 24.5. The third-order valence-corrected chi connectivity index (χ3v) is 4.21. The van der Waals surface area contributed by atoms with E-state index < -0.39 is 0 Å². The van der Waals surface area contributed by atoms with Crippen molar-refractivity contribution >= 4 is 0 Å². The smallest absolute Gasteiger partial charge is 0.0184 e. The van der Waals surface area contributed by atoms with Gasteiger partial charge in [0, 0.05) is 0 Å². The summed E-state index contributed by atoms with van der Waals surface area (Å²) in [7, 11) is 0. The summed E-state index contributed by atoms with van der Waals surface area (Å²) < 4.78 is 0. The van der Waals surface area contributed by atoms with E-state index in [2.05, 4.69) is 87.5 Å². The molecule has 0 saturated carbocycles. The summed E-state index contributed by atoms with van der Waals surface area (Å²) in [6.07, 6.45) is 0. The monoisotopic (exact) mass is 472 g/mol. The van der Waals surface area contributed by atoms with Crippen LogP contribution in [0.2, 0.25) is 0 Å². The van der Waals surface area contributed by atoms with Crippen molar-refractivity contribution in [3.05, 3.63) is 132 Å². The molecule has 0 aliphatic rings. The van der Waals surface area contributed by atoms with Gasteiger partial charge in [-0.1, -0.05) is 176 Å². The van der Waals surface area contributed by atoms with Gasteiger partial charge in [0.15, 0.2) is 0 Å². The summed E-state index contributed by atoms with van der Waals surface area (Å²) in [5, 5.41) is 0. The molecule has 0 heteroatoms. The van der Waals surface area contributed by atoms with Crippen LogP contribution in [0.3, 0.4) is 0 Å². The first-order valence-corrected chi connectivity index (χ1v) is 13.3. The molecule has 0 bridgehead atoms. The minimum absolute atomic E-state index is 1.28. The molecular weight excluding hydrogens is 420 g/mol. The number of rotatable bonds is 1. The minimum Gasteiger partial charge on any atom is -0.0683 e. The van der Waals surface area contributed by atoms with Gasteiger partial charge in [0.25, 0.3) is 0 Å². The Kier molecular flexibility index (Phi) is 30.1. The Balaban J connectivity index is -0.000000397. The fourth-order valence-electron chi connectivity index (χ4n) is 2.54. The van der Waals surface area contributed by atoms with Crippen LogP contribution in [-0.2, 0) is 0 Å². The summed E-state index contributed by atoms with van der Waals surface area (Å²) in [6.45, 7) is 22.4. The molecular formula is C35H52. The number of aryl methyl sites for hydroxylation is 3. The molecule has 0 nitrogen and oxygen atoms in total. The molecule has 0 heterocycles. The highest BCUT2D eigenvalue weighted by Crippen LogP contribution is 2.17. The van der Waals surface area contributed by atoms with Gasteiger partial charge in [-0.15, -0.1) is 0 Å². The minimum atomic E-state index is 1.28. The number of hydrogen-bond donors (Lipinski definition) is 0. The van der Waals surface area contributed by atoms with Gasteiger partial charge >= 0.3 is 0 Å². The van der Waals surface area contributed by atoms with E-state index in [0.717, 1.165) is 0 Å². The van der Waals surface area contributed by atoms with Gasteiger partial charge in [-0.25, -0.2) is 0 Å². The molecule has 0 amide bonds. The molecule has 0 radical (unpaired) electrons. The van der Waals surface area contributed by atoms with Crippen molar-refractivity contribution in [1.29, 1.82) is 0 Å². The molecule has 0 N–H and O–H groups in total. The molecule has 4 aromatic carbocycles. The highest BCUT2D eigenvalue weighted by atomic mass is 14.0. The number of hydrogen-bond acceptors (Lipinski definition) is 0. The standard InChI is InChI=1S/C12H10.C9H12.C6H6.4C2H6/c1-3-7-11(8-4-1)12-9-5-2-6-10-12;1-7-4-5-8(2)9(3)6-7;1-2-4-6-5-3-1;4*1-2/h1-10H;4-6H,1-3H3;1-6H;4*1-2H3. The molecule has 0 spiro atoms. The second kappa shape index (κ2) is 28.9. The fraction of sp³-hybridized carbons (Fsp3) is 0.314. The molecule has 4 rings (SSSR count). The van der Waals surface area contributed by atoms with Gasteiger partial charge in [0.1, 0.15) is 0 Å². The molecule has 0 aliphatic heterocycles. The highest BCUT2D eigenvalue weighted by Gasteiger charge is 1.92. The Morgan fingerprint density at radius 2 is 0.600 bits per heavy atom. The average Bonchev–Trinajstić information content (AvgIpc) is 2.98. The lowest BCUT2D eigenvalue weighted by molar-refractivity contribution is 1.30. The van der Waals surface area contributed by atoms with Crippen LogP contribution in [0, 0.1) is 20.8 Å². The molecule has 0 unspecified atom stereocenters. The van der Waals surface area contributed by atoms with E-state index in [4.69, 9.17) is 0 Å². The summed E-state index contributed by atoms with van der Waals surface area (Å²) >= 11 is 0. The van der Waals surface area contributed by atoms with Crippen LogP contribution < -0.4 is 0 Å². The van der Waals surface area contributed by atoms with Crippen molar-refractivity contribution in [3.8, 4) is 11.1 Å². The van der Waals surface area contributed by atoms with Crippen LogP contribution in [0.1, 0.15) is 72.1 Å². The summed E-state index contributed by atoms with van der Waals surface area (Å²) in [5.41, 5.74) is 6.66. The van der Waals surface area contributed by atoms with E-state index in [1.54, 1.807) is 0 Å². The van der Waals surface area contributed by atoms with Crippen LogP contribution >= 0.6 is 0 Å². The molecule has 35 heavy (non-hydrogen) atoms. The normalized spacial score (nSPS) is 7.86. The Morgan fingerprint density at radius 3 is 0.857 bits per heavy atom. The second-order valence-corrected chi connectivity index (χ2v) is 6.47. The van der Waals surface area contributed by atoms with Gasteiger partial charge < -0.3 is 0 Å². The van der Waals surface area contributed by atoms with E-state index in [-0.39, 0.29) is 0 Å². The Morgan fingerprint density at radius 1 is 0.314 bits per heavy atom. The van der Waals surface area contributed by atoms with Crippen LogP contribution in [-0.4, -0.2) is 0 Å². The molecule has 0 fully saturated rings. The first-order valence-electron chi connectivity index (χ1n) is 13.3. The van der Waals surface area contributed by atoms with Gasteiger partial charge in [-0.2, -0.15) is 0 Å². The molecule has 0 atom stereocenters. The quantitative estimate of drug-likeness (QED) is 0.258. The highest BCUT2D eigenvalue weighted by molar-refractivity contribution is 5.62. The van der Waals surface area contributed by atoms with E-state index in [1.165, 1.54) is 27.8 Å². The van der Waals surface area contributed by atoms with Crippen molar-refractivity contribution in [2.45, 2.75) is 76.2 Å². The van der Waals surface area contributed by atoms with Crippen molar-refractivity contribution < 1.29 is 0 Å². The van der Waals surface area contributed by atoms with E-state index in [1.807, 2.05) is 104 Å². The van der Waals surface area contributed by atoms with Gasteiger partial charge in [-0.05, 0) is 43.0 Å². The van der Waals surface area contributed by atoms with Crippen molar-refractivity contribution in [3.63, 3.8) is 0 Å². The van der Waals surface area contributed by atoms with Crippen molar-refractivity contribution in [2.24, 2.45) is 0 Å². The molecule has 0 aliphatic carbocycles. The van der Waals surface area contributed by atoms with Crippen molar-refractivity contribution in [2.75, 3.05) is 0 Å². The summed E-state index contributed by atoms with van der Waals surface area (Å²) in [5.74, 6) is 0. The van der Waals surface area contributed by atoms with Gasteiger partial charge in [-0.3, -0.25) is 0 Å². The lowest BCUT2D eigenvalue weighted by atomic mass is 10.1. The molecule has 4 aromatic rings.